The van der Waals surface area contributed by atoms with Gasteiger partial charge in [-0.15, -0.1) is 0 Å². The molecule has 6 nitrogen and oxygen atoms in total. The Balaban J connectivity index is 1.60. The quantitative estimate of drug-likeness (QED) is 0.744. The Morgan fingerprint density at radius 3 is 2.95 bits per heavy atom. The van der Waals surface area contributed by atoms with Crippen LogP contribution in [-0.2, 0) is 0 Å². The van der Waals surface area contributed by atoms with Gasteiger partial charge in [0.2, 0.25) is 5.95 Å². The van der Waals surface area contributed by atoms with Crippen LogP contribution in [0.25, 0.3) is 11.0 Å². The molecule has 2 N–H and O–H groups in total. The lowest BCUT2D eigenvalue weighted by molar-refractivity contribution is 0.467. The van der Waals surface area contributed by atoms with E-state index in [2.05, 4.69) is 54.6 Å². The van der Waals surface area contributed by atoms with Crippen molar-refractivity contribution < 1.29 is 0 Å². The number of piperazine rings is 1. The molecule has 1 aliphatic rings. The van der Waals surface area contributed by atoms with E-state index in [9.17, 15) is 0 Å². The summed E-state index contributed by atoms with van der Waals surface area (Å²) in [6.07, 6.45) is 3.56. The number of rotatable bonds is 2. The minimum atomic E-state index is 0.306. The van der Waals surface area contributed by atoms with Crippen LogP contribution in [0.4, 0.5) is 5.95 Å². The molecule has 4 rings (SSSR count). The van der Waals surface area contributed by atoms with Gasteiger partial charge in [0.05, 0.1) is 11.6 Å². The normalized spacial score (nSPS) is 19.0. The minimum Gasteiger partial charge on any atom is -0.338 e. The third kappa shape index (κ3) is 2.34. The van der Waals surface area contributed by atoms with Crippen LogP contribution in [0.1, 0.15) is 11.6 Å². The Morgan fingerprint density at radius 2 is 2.05 bits per heavy atom. The van der Waals surface area contributed by atoms with Crippen LogP contribution in [0.3, 0.4) is 0 Å². The van der Waals surface area contributed by atoms with Crippen molar-refractivity contribution >= 4 is 17.0 Å². The maximum atomic E-state index is 4.56. The van der Waals surface area contributed by atoms with Gasteiger partial charge >= 0.3 is 0 Å². The number of anilines is 1. The lowest BCUT2D eigenvalue weighted by Crippen LogP contribution is -2.46. The Labute approximate surface area is 122 Å². The van der Waals surface area contributed by atoms with Gasteiger partial charge in [-0.05, 0) is 5.56 Å². The van der Waals surface area contributed by atoms with E-state index < -0.39 is 0 Å². The summed E-state index contributed by atoms with van der Waals surface area (Å²) in [4.78, 5) is 11.2. The zero-order valence-electron chi connectivity index (χ0n) is 11.5. The summed E-state index contributed by atoms with van der Waals surface area (Å²) >= 11 is 0. The molecular weight excluding hydrogens is 264 g/mol. The summed E-state index contributed by atoms with van der Waals surface area (Å²) in [6.45, 7) is 2.69. The molecule has 0 amide bonds. The van der Waals surface area contributed by atoms with Crippen LogP contribution in [0.2, 0.25) is 0 Å². The van der Waals surface area contributed by atoms with Gasteiger partial charge in [-0.1, -0.05) is 30.3 Å². The zero-order chi connectivity index (χ0) is 14.1. The summed E-state index contributed by atoms with van der Waals surface area (Å²) in [7, 11) is 0. The average molecular weight is 280 g/mol. The molecule has 21 heavy (non-hydrogen) atoms. The molecule has 3 heterocycles. The lowest BCUT2D eigenvalue weighted by Gasteiger charge is -2.33. The molecule has 1 aliphatic heterocycles. The van der Waals surface area contributed by atoms with Crippen LogP contribution in [0, 0.1) is 0 Å². The number of nitrogens with one attached hydrogen (secondary N) is 2. The second kappa shape index (κ2) is 5.14. The fourth-order valence-corrected chi connectivity index (χ4v) is 2.72. The second-order valence-electron chi connectivity index (χ2n) is 5.21. The van der Waals surface area contributed by atoms with Crippen molar-refractivity contribution in [1.29, 1.82) is 0 Å². The molecular formula is C15H16N6. The van der Waals surface area contributed by atoms with Crippen LogP contribution < -0.4 is 10.2 Å². The van der Waals surface area contributed by atoms with Gasteiger partial charge in [-0.3, -0.25) is 5.10 Å². The largest absolute Gasteiger partial charge is 0.338 e. The van der Waals surface area contributed by atoms with E-state index in [0.717, 1.165) is 36.6 Å². The van der Waals surface area contributed by atoms with E-state index in [4.69, 9.17) is 0 Å². The van der Waals surface area contributed by atoms with Gasteiger partial charge in [0.15, 0.2) is 5.65 Å². The minimum absolute atomic E-state index is 0.306. The molecule has 2 aromatic heterocycles. The standard InChI is InChI=1S/C15H16N6/c1-2-4-11(5-3-1)13-10-21(7-6-16-13)15-17-8-12-9-18-20-14(12)19-15/h1-5,8-9,13,16H,6-7,10H2,(H,17,18,19,20). The zero-order valence-corrected chi connectivity index (χ0v) is 11.5. The first-order chi connectivity index (χ1) is 10.4. The SMILES string of the molecule is c1ccc(C2CN(c3ncc4cn[nH]c4n3)CCN2)cc1. The second-order valence-corrected chi connectivity index (χ2v) is 5.21. The highest BCUT2D eigenvalue weighted by Gasteiger charge is 2.22. The smallest absolute Gasteiger partial charge is 0.227 e. The summed E-state index contributed by atoms with van der Waals surface area (Å²) in [6, 6.07) is 10.8. The van der Waals surface area contributed by atoms with Crippen molar-refractivity contribution in [3.63, 3.8) is 0 Å². The fraction of sp³-hybridized carbons (Fsp3) is 0.267. The first-order valence-corrected chi connectivity index (χ1v) is 7.09. The Hall–Kier alpha value is -2.47. The molecule has 1 unspecified atom stereocenters. The van der Waals surface area contributed by atoms with Gasteiger partial charge in [-0.25, -0.2) is 4.98 Å². The Morgan fingerprint density at radius 1 is 1.14 bits per heavy atom. The number of aromatic amines is 1. The van der Waals surface area contributed by atoms with Gasteiger partial charge in [0, 0.05) is 31.9 Å². The number of hydrogen-bond donors (Lipinski definition) is 2. The summed E-state index contributed by atoms with van der Waals surface area (Å²) in [5.74, 6) is 0.759. The third-order valence-corrected chi connectivity index (χ3v) is 3.84. The van der Waals surface area contributed by atoms with Gasteiger partial charge < -0.3 is 10.2 Å². The van der Waals surface area contributed by atoms with Gasteiger partial charge in [-0.2, -0.15) is 10.1 Å². The molecule has 0 aliphatic carbocycles. The number of H-pyrrole nitrogens is 1. The van der Waals surface area contributed by atoms with E-state index >= 15 is 0 Å². The van der Waals surface area contributed by atoms with E-state index in [0.29, 0.717) is 6.04 Å². The first-order valence-electron chi connectivity index (χ1n) is 7.09. The fourth-order valence-electron chi connectivity index (χ4n) is 2.72. The Kier molecular flexibility index (Phi) is 3.01. The predicted octanol–water partition coefficient (Wildman–Crippen LogP) is 1.50. The van der Waals surface area contributed by atoms with Crippen molar-refractivity contribution in [2.75, 3.05) is 24.5 Å². The molecule has 6 heteroatoms. The molecule has 0 saturated carbocycles. The highest BCUT2D eigenvalue weighted by Crippen LogP contribution is 2.20. The number of aromatic nitrogens is 4. The van der Waals surface area contributed by atoms with Gasteiger partial charge in [0.25, 0.3) is 0 Å². The maximum Gasteiger partial charge on any atom is 0.227 e. The van der Waals surface area contributed by atoms with Crippen LogP contribution in [0.15, 0.2) is 42.7 Å². The molecule has 1 aromatic carbocycles. The van der Waals surface area contributed by atoms with Gasteiger partial charge in [0.1, 0.15) is 0 Å². The van der Waals surface area contributed by atoms with E-state index in [1.165, 1.54) is 5.56 Å². The van der Waals surface area contributed by atoms with E-state index in [-0.39, 0.29) is 0 Å². The summed E-state index contributed by atoms with van der Waals surface area (Å²) in [5.41, 5.74) is 2.08. The highest BCUT2D eigenvalue weighted by atomic mass is 15.3. The van der Waals surface area contributed by atoms with Crippen molar-refractivity contribution in [3.05, 3.63) is 48.3 Å². The molecule has 0 radical (unpaired) electrons. The number of hydrogen-bond acceptors (Lipinski definition) is 5. The van der Waals surface area contributed by atoms with Crippen molar-refractivity contribution in [3.8, 4) is 0 Å². The number of benzene rings is 1. The topological polar surface area (TPSA) is 69.7 Å². The first kappa shape index (κ1) is 12.3. The Bertz CT molecular complexity index is 738. The van der Waals surface area contributed by atoms with Crippen molar-refractivity contribution in [1.82, 2.24) is 25.5 Å². The van der Waals surface area contributed by atoms with Crippen molar-refractivity contribution in [2.45, 2.75) is 6.04 Å². The molecule has 3 aromatic rings. The predicted molar refractivity (Wildman–Crippen MR) is 81.1 cm³/mol. The molecule has 0 bridgehead atoms. The molecule has 1 saturated heterocycles. The van der Waals surface area contributed by atoms with E-state index in [1.54, 1.807) is 6.20 Å². The summed E-state index contributed by atoms with van der Waals surface area (Å²) < 4.78 is 0. The lowest BCUT2D eigenvalue weighted by atomic mass is 10.1. The molecule has 106 valence electrons. The maximum absolute atomic E-state index is 4.56. The molecule has 1 atom stereocenters. The molecule has 1 fully saturated rings. The average Bonchev–Trinajstić information content (AvgIpc) is 3.03. The van der Waals surface area contributed by atoms with Crippen LogP contribution >= 0.6 is 0 Å². The number of nitrogens with zero attached hydrogens (tertiary/aromatic N) is 4. The third-order valence-electron chi connectivity index (χ3n) is 3.84. The highest BCUT2D eigenvalue weighted by molar-refractivity contribution is 5.73. The van der Waals surface area contributed by atoms with Crippen LogP contribution in [-0.4, -0.2) is 39.8 Å². The van der Waals surface area contributed by atoms with Crippen LogP contribution in [0.5, 0.6) is 0 Å². The van der Waals surface area contributed by atoms with Crippen molar-refractivity contribution in [2.24, 2.45) is 0 Å². The van der Waals surface area contributed by atoms with E-state index in [1.807, 2.05) is 12.3 Å². The number of fused-ring (bicyclic) bond motifs is 1. The monoisotopic (exact) mass is 280 g/mol. The molecule has 0 spiro atoms. The summed E-state index contributed by atoms with van der Waals surface area (Å²) in [5, 5.41) is 11.4.